The number of guanidine groups is 1. The number of benzene rings is 3. The molecule has 0 saturated carbocycles. The molecule has 2 heterocycles. The van der Waals surface area contributed by atoms with Crippen LogP contribution < -0.4 is 20.3 Å². The maximum atomic E-state index is 12.6. The number of hydrogen-bond acceptors (Lipinski definition) is 5. The van der Waals surface area contributed by atoms with E-state index >= 15 is 0 Å². The Morgan fingerprint density at radius 1 is 0.955 bits per heavy atom. The van der Waals surface area contributed by atoms with Gasteiger partial charge in [-0.15, -0.1) is 0 Å². The van der Waals surface area contributed by atoms with E-state index in [9.17, 15) is 10.1 Å². The molecule has 230 valence electrons. The molecular weight excluding hydrogens is 597 g/mol. The molecule has 0 aliphatic carbocycles. The van der Waals surface area contributed by atoms with Gasteiger partial charge in [0.2, 0.25) is 5.91 Å². The van der Waals surface area contributed by atoms with Crippen LogP contribution in [0.25, 0.3) is 0 Å². The SMILES string of the molecule is COc1ccc(CC(=O)Nc2ccc(N3CC[N+](=C(Nc4c(Cl)cc(CN5CCCC5)cc4Cl)N(C)C#N)CC3)cc2)cc1. The number of carbonyl (C=O) groups is 1. The van der Waals surface area contributed by atoms with E-state index in [2.05, 4.69) is 31.2 Å². The zero-order chi connectivity index (χ0) is 31.1. The third-order valence-electron chi connectivity index (χ3n) is 8.03. The minimum Gasteiger partial charge on any atom is -0.497 e. The molecule has 11 heteroatoms. The van der Waals surface area contributed by atoms with Crippen LogP contribution >= 0.6 is 23.2 Å². The van der Waals surface area contributed by atoms with Crippen LogP contribution in [0.3, 0.4) is 0 Å². The highest BCUT2D eigenvalue weighted by Crippen LogP contribution is 2.33. The normalized spacial score (nSPS) is 15.1. The Morgan fingerprint density at radius 2 is 1.59 bits per heavy atom. The van der Waals surface area contributed by atoms with E-state index < -0.39 is 0 Å². The Balaban J connectivity index is 1.20. The summed E-state index contributed by atoms with van der Waals surface area (Å²) in [5.41, 5.74) is 4.42. The number of nitrogens with one attached hydrogen (secondary N) is 2. The van der Waals surface area contributed by atoms with Crippen LogP contribution in [-0.4, -0.2) is 79.7 Å². The van der Waals surface area contributed by atoms with Gasteiger partial charge in [0.1, 0.15) is 11.4 Å². The molecule has 2 aliphatic heterocycles. The summed E-state index contributed by atoms with van der Waals surface area (Å²) in [5.74, 6) is 1.33. The van der Waals surface area contributed by atoms with E-state index in [0.29, 0.717) is 34.8 Å². The van der Waals surface area contributed by atoms with Crippen molar-refractivity contribution in [3.8, 4) is 11.9 Å². The van der Waals surface area contributed by atoms with Gasteiger partial charge < -0.3 is 15.0 Å². The number of rotatable bonds is 8. The first kappa shape index (κ1) is 31.5. The summed E-state index contributed by atoms with van der Waals surface area (Å²) in [6.07, 6.45) is 4.95. The Kier molecular flexibility index (Phi) is 10.5. The topological polar surface area (TPSA) is 86.9 Å². The van der Waals surface area contributed by atoms with Crippen molar-refractivity contribution >= 4 is 52.1 Å². The molecule has 0 spiro atoms. The van der Waals surface area contributed by atoms with Crippen molar-refractivity contribution in [2.24, 2.45) is 0 Å². The van der Waals surface area contributed by atoms with Crippen LogP contribution in [0.4, 0.5) is 17.1 Å². The zero-order valence-electron chi connectivity index (χ0n) is 25.2. The van der Waals surface area contributed by atoms with Crippen molar-refractivity contribution in [3.63, 3.8) is 0 Å². The molecule has 3 aromatic rings. The van der Waals surface area contributed by atoms with Crippen LogP contribution in [0.1, 0.15) is 24.0 Å². The van der Waals surface area contributed by atoms with Gasteiger partial charge in [-0.05, 0) is 85.6 Å². The molecule has 5 rings (SSSR count). The predicted octanol–water partition coefficient (Wildman–Crippen LogP) is 5.49. The van der Waals surface area contributed by atoms with E-state index in [1.54, 1.807) is 14.2 Å². The second-order valence-electron chi connectivity index (χ2n) is 11.1. The van der Waals surface area contributed by atoms with E-state index in [1.165, 1.54) is 17.7 Å². The van der Waals surface area contributed by atoms with E-state index in [4.69, 9.17) is 27.9 Å². The number of anilines is 3. The van der Waals surface area contributed by atoms with Gasteiger partial charge in [-0.1, -0.05) is 35.3 Å². The number of piperazine rings is 1. The van der Waals surface area contributed by atoms with Crippen molar-refractivity contribution in [1.29, 1.82) is 5.26 Å². The molecule has 3 aromatic carbocycles. The molecule has 2 fully saturated rings. The molecule has 2 aliphatic rings. The number of nitrogens with zero attached hydrogens (tertiary/aromatic N) is 5. The summed E-state index contributed by atoms with van der Waals surface area (Å²) >= 11 is 13.4. The molecule has 0 unspecified atom stereocenters. The fourth-order valence-electron chi connectivity index (χ4n) is 5.64. The predicted molar refractivity (Wildman–Crippen MR) is 177 cm³/mol. The van der Waals surface area contributed by atoms with Crippen molar-refractivity contribution in [2.45, 2.75) is 25.8 Å². The minimum absolute atomic E-state index is 0.0739. The number of methoxy groups -OCH3 is 1. The second kappa shape index (κ2) is 14.7. The Bertz CT molecular complexity index is 1500. The Labute approximate surface area is 269 Å². The lowest BCUT2D eigenvalue weighted by molar-refractivity contribution is -0.533. The van der Waals surface area contributed by atoms with E-state index in [0.717, 1.165) is 61.0 Å². The third kappa shape index (κ3) is 7.94. The molecule has 0 aromatic heterocycles. The molecule has 2 N–H and O–H groups in total. The third-order valence-corrected chi connectivity index (χ3v) is 8.63. The number of nitriles is 1. The quantitative estimate of drug-likeness (QED) is 0.147. The minimum atomic E-state index is -0.0739. The first-order valence-electron chi connectivity index (χ1n) is 14.8. The lowest BCUT2D eigenvalue weighted by atomic mass is 10.1. The summed E-state index contributed by atoms with van der Waals surface area (Å²) in [4.78, 5) is 18.7. The number of carbonyl (C=O) groups excluding carboxylic acids is 1. The lowest BCUT2D eigenvalue weighted by Crippen LogP contribution is -2.48. The van der Waals surface area contributed by atoms with Crippen LogP contribution in [0.15, 0.2) is 60.7 Å². The Hall–Kier alpha value is -3.97. The van der Waals surface area contributed by atoms with Gasteiger partial charge in [0, 0.05) is 31.0 Å². The summed E-state index contributed by atoms with van der Waals surface area (Å²) in [6.45, 7) is 5.91. The average Bonchev–Trinajstić information content (AvgIpc) is 3.54. The maximum absolute atomic E-state index is 12.6. The van der Waals surface area contributed by atoms with E-state index in [-0.39, 0.29) is 12.3 Å². The molecule has 1 amide bonds. The first-order valence-corrected chi connectivity index (χ1v) is 15.6. The molecular formula is C33H38Cl2N7O2+. The largest absolute Gasteiger partial charge is 0.497 e. The molecule has 0 atom stereocenters. The van der Waals surface area contributed by atoms with Crippen LogP contribution in [0, 0.1) is 11.5 Å². The van der Waals surface area contributed by atoms with Crippen molar-refractivity contribution in [1.82, 2.24) is 9.80 Å². The molecule has 9 nitrogen and oxygen atoms in total. The second-order valence-corrected chi connectivity index (χ2v) is 11.9. The number of halogens is 2. The highest BCUT2D eigenvalue weighted by atomic mass is 35.5. The average molecular weight is 636 g/mol. The Morgan fingerprint density at radius 3 is 2.18 bits per heavy atom. The van der Waals surface area contributed by atoms with Gasteiger partial charge in [0.25, 0.3) is 6.19 Å². The maximum Gasteiger partial charge on any atom is 0.367 e. The monoisotopic (exact) mass is 634 g/mol. The van der Waals surface area contributed by atoms with Gasteiger partial charge >= 0.3 is 5.96 Å². The number of amides is 1. The standard InChI is InChI=1S/C33H37Cl2N7O2/c1-39(23-36)33(38-32-29(34)19-25(20-30(32)35)22-40-13-3-4-14-40)42-17-15-41(16-18-42)27-9-7-26(8-10-27)37-31(43)21-24-5-11-28(44-2)12-6-24/h5-12,19-20H,3-4,13-18,21-22H2,1-2H3,(H,37,43)/p+1. The summed E-state index contributed by atoms with van der Waals surface area (Å²) in [7, 11) is 3.34. The van der Waals surface area contributed by atoms with Crippen LogP contribution in [0.5, 0.6) is 5.75 Å². The first-order chi connectivity index (χ1) is 21.3. The lowest BCUT2D eigenvalue weighted by Gasteiger charge is -2.31. The van der Waals surface area contributed by atoms with Gasteiger partial charge in [0.15, 0.2) is 0 Å². The molecule has 2 saturated heterocycles. The number of ether oxygens (including phenoxy) is 1. The summed E-state index contributed by atoms with van der Waals surface area (Å²) in [6, 6.07) is 19.3. The van der Waals surface area contributed by atoms with Crippen LogP contribution in [-0.2, 0) is 17.8 Å². The highest BCUT2D eigenvalue weighted by molar-refractivity contribution is 6.39. The fourth-order valence-corrected chi connectivity index (χ4v) is 6.26. The zero-order valence-corrected chi connectivity index (χ0v) is 26.7. The van der Waals surface area contributed by atoms with Crippen molar-refractivity contribution in [3.05, 3.63) is 81.8 Å². The van der Waals surface area contributed by atoms with Gasteiger partial charge in [-0.25, -0.2) is 5.32 Å². The number of hydrogen-bond donors (Lipinski definition) is 2. The molecule has 0 bridgehead atoms. The molecule has 44 heavy (non-hydrogen) atoms. The van der Waals surface area contributed by atoms with Gasteiger partial charge in [-0.2, -0.15) is 10.2 Å². The smallest absolute Gasteiger partial charge is 0.367 e. The highest BCUT2D eigenvalue weighted by Gasteiger charge is 2.26. The molecule has 0 radical (unpaired) electrons. The number of likely N-dealkylation sites (tertiary alicyclic amines) is 1. The fraction of sp³-hybridized carbons (Fsp3) is 0.364. The summed E-state index contributed by atoms with van der Waals surface area (Å²) < 4.78 is 7.32. The van der Waals surface area contributed by atoms with E-state index in [1.807, 2.05) is 60.7 Å². The summed E-state index contributed by atoms with van der Waals surface area (Å²) in [5, 5.41) is 17.2. The van der Waals surface area contributed by atoms with Gasteiger partial charge in [0.05, 0.1) is 43.7 Å². The van der Waals surface area contributed by atoms with Crippen molar-refractivity contribution < 1.29 is 14.1 Å². The van der Waals surface area contributed by atoms with Crippen molar-refractivity contribution in [2.75, 3.05) is 69.0 Å². The van der Waals surface area contributed by atoms with Crippen LogP contribution in [0.2, 0.25) is 10.0 Å². The van der Waals surface area contributed by atoms with Gasteiger partial charge in [-0.3, -0.25) is 14.3 Å².